The second kappa shape index (κ2) is 8.65. The number of hydrogen-bond donors (Lipinski definition) is 0. The van der Waals surface area contributed by atoms with Gasteiger partial charge in [-0.2, -0.15) is 8.78 Å². The summed E-state index contributed by atoms with van der Waals surface area (Å²) in [4.78, 5) is 0. The maximum Gasteiger partial charge on any atom is 0.345 e. The summed E-state index contributed by atoms with van der Waals surface area (Å²) in [6.45, 7) is 3.66. The van der Waals surface area contributed by atoms with Crippen molar-refractivity contribution in [2.45, 2.75) is 46.3 Å². The van der Waals surface area contributed by atoms with E-state index < -0.39 is 12.7 Å². The van der Waals surface area contributed by atoms with Crippen molar-refractivity contribution in [3.05, 3.63) is 11.6 Å². The lowest BCUT2D eigenvalue weighted by Crippen LogP contribution is -2.21. The van der Waals surface area contributed by atoms with Gasteiger partial charge in [-0.1, -0.05) is 18.6 Å². The van der Waals surface area contributed by atoms with Gasteiger partial charge in [-0.15, -0.1) is 0 Å². The van der Waals surface area contributed by atoms with Crippen molar-refractivity contribution < 1.29 is 18.3 Å². The molecule has 2 nitrogen and oxygen atoms in total. The average molecular weight is 236 g/mol. The number of allylic oxidation sites excluding steroid dienone is 1. The summed E-state index contributed by atoms with van der Waals surface area (Å²) in [5.41, 5.74) is 1.16. The van der Waals surface area contributed by atoms with Gasteiger partial charge in [0.1, 0.15) is 0 Å². The van der Waals surface area contributed by atoms with Gasteiger partial charge in [0.2, 0.25) is 0 Å². The molecule has 4 heteroatoms. The van der Waals surface area contributed by atoms with E-state index in [1.807, 2.05) is 26.8 Å². The first kappa shape index (κ1) is 15.5. The molecule has 0 aromatic carbocycles. The molecule has 2 atom stereocenters. The summed E-state index contributed by atoms with van der Waals surface area (Å²) in [5, 5.41) is 0. The van der Waals surface area contributed by atoms with Crippen LogP contribution in [0.15, 0.2) is 11.6 Å². The first-order valence-corrected chi connectivity index (χ1v) is 5.57. The second-order valence-corrected chi connectivity index (χ2v) is 4.12. The molecular weight excluding hydrogens is 214 g/mol. The number of ether oxygens (including phenoxy) is 2. The normalized spacial score (nSPS) is 14.9. The molecule has 0 fully saturated rings. The molecule has 0 aliphatic rings. The largest absolute Gasteiger partial charge is 0.384 e. The maximum absolute atomic E-state index is 12.1. The van der Waals surface area contributed by atoms with Crippen LogP contribution in [-0.2, 0) is 9.47 Å². The Morgan fingerprint density at radius 1 is 1.31 bits per heavy atom. The summed E-state index contributed by atoms with van der Waals surface area (Å²) in [6, 6.07) is 0. The fraction of sp³-hybridized carbons (Fsp3) is 0.833. The molecule has 0 radical (unpaired) electrons. The monoisotopic (exact) mass is 236 g/mol. The van der Waals surface area contributed by atoms with E-state index in [1.165, 1.54) is 0 Å². The first-order chi connectivity index (χ1) is 7.49. The lowest BCUT2D eigenvalue weighted by atomic mass is 9.98. The molecule has 0 aromatic rings. The van der Waals surface area contributed by atoms with Gasteiger partial charge in [0.25, 0.3) is 0 Å². The quantitative estimate of drug-likeness (QED) is 0.599. The fourth-order valence-electron chi connectivity index (χ4n) is 1.67. The van der Waals surface area contributed by atoms with Crippen LogP contribution >= 0.6 is 0 Å². The van der Waals surface area contributed by atoms with Gasteiger partial charge in [-0.25, -0.2) is 0 Å². The molecule has 0 bridgehead atoms. The van der Waals surface area contributed by atoms with Crippen LogP contribution in [0, 0.1) is 5.92 Å². The number of methoxy groups -OCH3 is 1. The van der Waals surface area contributed by atoms with Crippen molar-refractivity contribution in [3.8, 4) is 0 Å². The molecule has 0 N–H and O–H groups in total. The van der Waals surface area contributed by atoms with Crippen LogP contribution < -0.4 is 0 Å². The third-order valence-electron chi connectivity index (χ3n) is 2.27. The predicted octanol–water partition coefficient (Wildman–Crippen LogP) is 3.62. The Morgan fingerprint density at radius 2 is 1.94 bits per heavy atom. The summed E-state index contributed by atoms with van der Waals surface area (Å²) >= 11 is 0. The molecule has 0 aliphatic heterocycles. The van der Waals surface area contributed by atoms with Gasteiger partial charge in [-0.3, -0.25) is 0 Å². The SMILES string of the molecule is CC[C@@H](C[C@H](C=C(C)C)COC)OC(F)F. The molecule has 16 heavy (non-hydrogen) atoms. The van der Waals surface area contributed by atoms with Crippen molar-refractivity contribution in [2.24, 2.45) is 5.92 Å². The molecule has 0 unspecified atom stereocenters. The maximum atomic E-state index is 12.1. The minimum Gasteiger partial charge on any atom is -0.384 e. The molecule has 0 saturated heterocycles. The highest BCUT2D eigenvalue weighted by Crippen LogP contribution is 2.18. The second-order valence-electron chi connectivity index (χ2n) is 4.12. The third-order valence-corrected chi connectivity index (χ3v) is 2.27. The van der Waals surface area contributed by atoms with Gasteiger partial charge in [-0.05, 0) is 26.7 Å². The minimum absolute atomic E-state index is 0.138. The summed E-state index contributed by atoms with van der Waals surface area (Å²) in [6.07, 6.45) is 2.79. The van der Waals surface area contributed by atoms with Crippen LogP contribution in [0.2, 0.25) is 0 Å². The van der Waals surface area contributed by atoms with E-state index in [4.69, 9.17) is 4.74 Å². The molecule has 96 valence electrons. The molecule has 0 amide bonds. The third kappa shape index (κ3) is 7.77. The van der Waals surface area contributed by atoms with E-state index in [0.29, 0.717) is 19.4 Å². The van der Waals surface area contributed by atoms with Crippen LogP contribution in [0.3, 0.4) is 0 Å². The van der Waals surface area contributed by atoms with Crippen LogP contribution in [0.25, 0.3) is 0 Å². The van der Waals surface area contributed by atoms with Crippen molar-refractivity contribution in [1.29, 1.82) is 0 Å². The highest BCUT2D eigenvalue weighted by Gasteiger charge is 2.17. The topological polar surface area (TPSA) is 18.5 Å². The van der Waals surface area contributed by atoms with Gasteiger partial charge in [0.05, 0.1) is 12.7 Å². The smallest absolute Gasteiger partial charge is 0.345 e. The molecule has 0 aliphatic carbocycles. The Balaban J connectivity index is 4.28. The zero-order valence-electron chi connectivity index (χ0n) is 10.5. The van der Waals surface area contributed by atoms with Gasteiger partial charge >= 0.3 is 6.61 Å². The zero-order valence-corrected chi connectivity index (χ0v) is 10.5. The number of rotatable bonds is 8. The van der Waals surface area contributed by atoms with Crippen LogP contribution in [0.5, 0.6) is 0 Å². The fourth-order valence-corrected chi connectivity index (χ4v) is 1.67. The van der Waals surface area contributed by atoms with E-state index in [9.17, 15) is 8.78 Å². The van der Waals surface area contributed by atoms with Crippen molar-refractivity contribution in [2.75, 3.05) is 13.7 Å². The van der Waals surface area contributed by atoms with E-state index in [-0.39, 0.29) is 5.92 Å². The summed E-state index contributed by atoms with van der Waals surface area (Å²) < 4.78 is 33.8. The van der Waals surface area contributed by atoms with Crippen molar-refractivity contribution in [1.82, 2.24) is 0 Å². The van der Waals surface area contributed by atoms with Gasteiger partial charge < -0.3 is 9.47 Å². The Bertz CT molecular complexity index is 201. The van der Waals surface area contributed by atoms with Crippen LogP contribution in [0.4, 0.5) is 8.78 Å². The van der Waals surface area contributed by atoms with E-state index >= 15 is 0 Å². The number of hydrogen-bond acceptors (Lipinski definition) is 2. The summed E-state index contributed by atoms with van der Waals surface area (Å²) in [5.74, 6) is 0.138. The lowest BCUT2D eigenvalue weighted by molar-refractivity contribution is -0.167. The number of halogens is 2. The Morgan fingerprint density at radius 3 is 2.31 bits per heavy atom. The van der Waals surface area contributed by atoms with Crippen LogP contribution in [0.1, 0.15) is 33.6 Å². The van der Waals surface area contributed by atoms with E-state index in [1.54, 1.807) is 7.11 Å². The van der Waals surface area contributed by atoms with E-state index in [0.717, 1.165) is 5.57 Å². The molecule has 0 heterocycles. The van der Waals surface area contributed by atoms with Crippen molar-refractivity contribution in [3.63, 3.8) is 0 Å². The first-order valence-electron chi connectivity index (χ1n) is 5.57. The number of alkyl halides is 2. The average Bonchev–Trinajstić information content (AvgIpc) is 2.15. The standard InChI is InChI=1S/C12H22F2O2/c1-5-11(16-12(13)14)7-10(8-15-4)6-9(2)3/h6,10-12H,5,7-8H2,1-4H3/t10-,11-/m0/s1. The Kier molecular flexibility index (Phi) is 8.39. The molecule has 0 aromatic heterocycles. The molecular formula is C12H22F2O2. The molecule has 0 rings (SSSR count). The van der Waals surface area contributed by atoms with Crippen molar-refractivity contribution >= 4 is 0 Å². The predicted molar refractivity (Wildman–Crippen MR) is 60.6 cm³/mol. The highest BCUT2D eigenvalue weighted by molar-refractivity contribution is 4.98. The van der Waals surface area contributed by atoms with Gasteiger partial charge in [0.15, 0.2) is 0 Å². The van der Waals surface area contributed by atoms with E-state index in [2.05, 4.69) is 4.74 Å². The summed E-state index contributed by atoms with van der Waals surface area (Å²) in [7, 11) is 1.61. The molecule has 0 saturated carbocycles. The highest BCUT2D eigenvalue weighted by atomic mass is 19.3. The van der Waals surface area contributed by atoms with Gasteiger partial charge in [0, 0.05) is 13.0 Å². The van der Waals surface area contributed by atoms with Crippen LogP contribution in [-0.4, -0.2) is 26.4 Å². The Hall–Kier alpha value is -0.480. The lowest BCUT2D eigenvalue weighted by Gasteiger charge is -2.20. The molecule has 0 spiro atoms. The zero-order chi connectivity index (χ0) is 12.6. The minimum atomic E-state index is -2.69. The Labute approximate surface area is 96.6 Å².